The molecule has 2 aromatic heterocycles. The molecule has 2 aliphatic rings. The number of amides is 2. The second-order valence-corrected chi connectivity index (χ2v) is 7.22. The molecule has 1 N–H and O–H groups in total. The number of hydrogen-bond donors (Lipinski definition) is 1. The standard InChI is InChI=1S/C20H25N5O3/c1-14-5-4-6-16(22-14)19(26)21-8-11-25-17-7-12-28-13-15(17)18(23-25)20(27)24-9-2-3-10-24/h4-6H,2-3,7-13H2,1H3,(H,21,26). The summed E-state index contributed by atoms with van der Waals surface area (Å²) < 4.78 is 7.42. The number of ether oxygens (including phenoxy) is 1. The fourth-order valence-electron chi connectivity index (χ4n) is 3.77. The van der Waals surface area contributed by atoms with E-state index in [-0.39, 0.29) is 11.8 Å². The average Bonchev–Trinajstić information content (AvgIpc) is 3.36. The van der Waals surface area contributed by atoms with Crippen molar-refractivity contribution >= 4 is 11.8 Å². The van der Waals surface area contributed by atoms with E-state index in [9.17, 15) is 9.59 Å². The van der Waals surface area contributed by atoms with Gasteiger partial charge in [0.15, 0.2) is 5.69 Å². The number of nitrogens with zero attached hydrogens (tertiary/aromatic N) is 4. The van der Waals surface area contributed by atoms with Crippen LogP contribution in [0.2, 0.25) is 0 Å². The van der Waals surface area contributed by atoms with Gasteiger partial charge in [-0.25, -0.2) is 4.98 Å². The zero-order valence-corrected chi connectivity index (χ0v) is 16.1. The van der Waals surface area contributed by atoms with Crippen LogP contribution in [-0.4, -0.2) is 57.7 Å². The van der Waals surface area contributed by atoms with Crippen LogP contribution in [0.4, 0.5) is 0 Å². The Kier molecular flexibility index (Phi) is 5.38. The van der Waals surface area contributed by atoms with E-state index < -0.39 is 0 Å². The van der Waals surface area contributed by atoms with Gasteiger partial charge >= 0.3 is 0 Å². The molecular weight excluding hydrogens is 358 g/mol. The first-order chi connectivity index (χ1) is 13.6. The number of likely N-dealkylation sites (tertiary alicyclic amines) is 1. The summed E-state index contributed by atoms with van der Waals surface area (Å²) >= 11 is 0. The van der Waals surface area contributed by atoms with Gasteiger partial charge < -0.3 is 15.0 Å². The first kappa shape index (κ1) is 18.6. The van der Waals surface area contributed by atoms with Crippen LogP contribution in [0.15, 0.2) is 18.2 Å². The van der Waals surface area contributed by atoms with Crippen LogP contribution in [0.1, 0.15) is 50.8 Å². The van der Waals surface area contributed by atoms with Crippen molar-refractivity contribution < 1.29 is 14.3 Å². The molecule has 0 aromatic carbocycles. The molecule has 0 saturated carbocycles. The third-order valence-electron chi connectivity index (χ3n) is 5.22. The lowest BCUT2D eigenvalue weighted by atomic mass is 10.1. The van der Waals surface area contributed by atoms with E-state index in [0.29, 0.717) is 37.7 Å². The number of hydrogen-bond acceptors (Lipinski definition) is 5. The van der Waals surface area contributed by atoms with Crippen LogP contribution in [-0.2, 0) is 24.3 Å². The summed E-state index contributed by atoms with van der Waals surface area (Å²) in [7, 11) is 0. The monoisotopic (exact) mass is 383 g/mol. The summed E-state index contributed by atoms with van der Waals surface area (Å²) in [5.74, 6) is -0.215. The Morgan fingerprint density at radius 3 is 2.86 bits per heavy atom. The van der Waals surface area contributed by atoms with Gasteiger partial charge in [0, 0.05) is 43.0 Å². The minimum Gasteiger partial charge on any atom is -0.376 e. The number of fused-ring (bicyclic) bond motifs is 1. The molecular formula is C20H25N5O3. The Morgan fingerprint density at radius 1 is 1.25 bits per heavy atom. The number of rotatable bonds is 5. The SMILES string of the molecule is Cc1cccc(C(=O)NCCn2nc(C(=O)N3CCCC3)c3c2CCOC3)n1. The molecule has 8 heteroatoms. The number of aromatic nitrogens is 3. The fourth-order valence-corrected chi connectivity index (χ4v) is 3.77. The Bertz CT molecular complexity index is 886. The lowest BCUT2D eigenvalue weighted by Crippen LogP contribution is -2.29. The highest BCUT2D eigenvalue weighted by Gasteiger charge is 2.29. The van der Waals surface area contributed by atoms with Crippen LogP contribution < -0.4 is 5.32 Å². The van der Waals surface area contributed by atoms with Crippen molar-refractivity contribution in [2.45, 2.75) is 39.3 Å². The van der Waals surface area contributed by atoms with E-state index in [2.05, 4.69) is 15.4 Å². The molecule has 0 aliphatic carbocycles. The van der Waals surface area contributed by atoms with E-state index >= 15 is 0 Å². The second kappa shape index (κ2) is 8.10. The van der Waals surface area contributed by atoms with Crippen molar-refractivity contribution in [1.82, 2.24) is 25.0 Å². The smallest absolute Gasteiger partial charge is 0.274 e. The normalized spacial score (nSPS) is 16.1. The van der Waals surface area contributed by atoms with Crippen molar-refractivity contribution in [2.24, 2.45) is 0 Å². The summed E-state index contributed by atoms with van der Waals surface area (Å²) in [6.07, 6.45) is 2.82. The lowest BCUT2D eigenvalue weighted by Gasteiger charge is -2.17. The van der Waals surface area contributed by atoms with Gasteiger partial charge in [0.2, 0.25) is 0 Å². The molecule has 0 unspecified atom stereocenters. The zero-order chi connectivity index (χ0) is 19.5. The van der Waals surface area contributed by atoms with Crippen molar-refractivity contribution in [3.8, 4) is 0 Å². The van der Waals surface area contributed by atoms with E-state index in [1.54, 1.807) is 6.07 Å². The van der Waals surface area contributed by atoms with Gasteiger partial charge in [0.25, 0.3) is 11.8 Å². The predicted molar refractivity (Wildman–Crippen MR) is 102 cm³/mol. The maximum absolute atomic E-state index is 12.8. The zero-order valence-electron chi connectivity index (χ0n) is 16.1. The average molecular weight is 383 g/mol. The summed E-state index contributed by atoms with van der Waals surface area (Å²) in [5, 5.41) is 7.48. The first-order valence-corrected chi connectivity index (χ1v) is 9.81. The Labute approximate surface area is 163 Å². The van der Waals surface area contributed by atoms with Crippen LogP contribution >= 0.6 is 0 Å². The molecule has 1 saturated heterocycles. The van der Waals surface area contributed by atoms with Crippen LogP contribution in [0.25, 0.3) is 0 Å². The number of carbonyl (C=O) groups excluding carboxylic acids is 2. The van der Waals surface area contributed by atoms with Crippen molar-refractivity contribution in [1.29, 1.82) is 0 Å². The molecule has 2 aromatic rings. The second-order valence-electron chi connectivity index (χ2n) is 7.22. The molecule has 28 heavy (non-hydrogen) atoms. The topological polar surface area (TPSA) is 89.4 Å². The molecule has 2 aliphatic heterocycles. The Balaban J connectivity index is 1.45. The minimum atomic E-state index is -0.207. The molecule has 1 fully saturated rings. The van der Waals surface area contributed by atoms with Gasteiger partial charge in [-0.1, -0.05) is 6.07 Å². The predicted octanol–water partition coefficient (Wildman–Crippen LogP) is 1.33. The highest BCUT2D eigenvalue weighted by atomic mass is 16.5. The number of carbonyl (C=O) groups is 2. The van der Waals surface area contributed by atoms with Crippen LogP contribution in [0.5, 0.6) is 0 Å². The van der Waals surface area contributed by atoms with Crippen molar-refractivity contribution in [3.05, 3.63) is 46.5 Å². The van der Waals surface area contributed by atoms with E-state index in [1.807, 2.05) is 28.6 Å². The molecule has 0 bridgehead atoms. The largest absolute Gasteiger partial charge is 0.376 e. The van der Waals surface area contributed by atoms with Gasteiger partial charge in [-0.05, 0) is 31.9 Å². The number of aryl methyl sites for hydroxylation is 1. The van der Waals surface area contributed by atoms with Crippen LogP contribution in [0.3, 0.4) is 0 Å². The van der Waals surface area contributed by atoms with Gasteiger partial charge in [-0.15, -0.1) is 0 Å². The molecule has 0 radical (unpaired) electrons. The molecule has 4 heterocycles. The molecule has 4 rings (SSSR count). The number of pyridine rings is 1. The van der Waals surface area contributed by atoms with Crippen molar-refractivity contribution in [3.63, 3.8) is 0 Å². The van der Waals surface area contributed by atoms with Crippen molar-refractivity contribution in [2.75, 3.05) is 26.2 Å². The van der Waals surface area contributed by atoms with Crippen LogP contribution in [0, 0.1) is 6.92 Å². The molecule has 2 amide bonds. The highest BCUT2D eigenvalue weighted by molar-refractivity contribution is 5.94. The highest BCUT2D eigenvalue weighted by Crippen LogP contribution is 2.23. The van der Waals surface area contributed by atoms with E-state index in [4.69, 9.17) is 4.74 Å². The number of nitrogens with one attached hydrogen (secondary N) is 1. The summed E-state index contributed by atoms with van der Waals surface area (Å²) in [6.45, 7) is 5.41. The van der Waals surface area contributed by atoms with E-state index in [1.165, 1.54) is 0 Å². The quantitative estimate of drug-likeness (QED) is 0.841. The molecule has 0 spiro atoms. The lowest BCUT2D eigenvalue weighted by molar-refractivity contribution is 0.0772. The Morgan fingerprint density at radius 2 is 2.07 bits per heavy atom. The fraction of sp³-hybridized carbons (Fsp3) is 0.500. The Hall–Kier alpha value is -2.74. The van der Waals surface area contributed by atoms with Gasteiger partial charge in [-0.3, -0.25) is 14.3 Å². The first-order valence-electron chi connectivity index (χ1n) is 9.81. The molecule has 0 atom stereocenters. The third kappa shape index (κ3) is 3.77. The van der Waals surface area contributed by atoms with Gasteiger partial charge in [0.05, 0.1) is 19.8 Å². The third-order valence-corrected chi connectivity index (χ3v) is 5.22. The summed E-state index contributed by atoms with van der Waals surface area (Å²) in [6, 6.07) is 5.37. The van der Waals surface area contributed by atoms with Gasteiger partial charge in [-0.2, -0.15) is 5.10 Å². The minimum absolute atomic E-state index is 0.00834. The maximum Gasteiger partial charge on any atom is 0.274 e. The summed E-state index contributed by atoms with van der Waals surface area (Å²) in [5.41, 5.74) is 3.65. The molecule has 8 nitrogen and oxygen atoms in total. The molecule has 148 valence electrons. The van der Waals surface area contributed by atoms with Gasteiger partial charge in [0.1, 0.15) is 5.69 Å². The summed E-state index contributed by atoms with van der Waals surface area (Å²) in [4.78, 5) is 31.2. The maximum atomic E-state index is 12.8. The van der Waals surface area contributed by atoms with E-state index in [0.717, 1.165) is 49.3 Å².